The summed E-state index contributed by atoms with van der Waals surface area (Å²) in [6, 6.07) is 4.39. The molecule has 2 rings (SSSR count). The zero-order chi connectivity index (χ0) is 6.27. The average Bonchev–Trinajstić information content (AvgIpc) is 2.22. The molecule has 0 aliphatic carbocycles. The first-order valence-corrected chi connectivity index (χ1v) is 5.87. The van der Waals surface area contributed by atoms with Crippen molar-refractivity contribution in [1.82, 2.24) is 0 Å². The summed E-state index contributed by atoms with van der Waals surface area (Å²) in [7, 11) is 0. The fourth-order valence-corrected chi connectivity index (χ4v) is 5.42. The Kier molecular flexibility index (Phi) is 1.54. The van der Waals surface area contributed by atoms with Crippen LogP contribution in [0.15, 0.2) is 20.9 Å². The Morgan fingerprint density at radius 1 is 1.56 bits per heavy atom. The fourth-order valence-electron chi connectivity index (χ4n) is 0.736. The molecule has 2 aromatic heterocycles. The normalized spacial score (nSPS) is 10.8. The topological polar surface area (TPSA) is 0 Å². The quantitative estimate of drug-likeness (QED) is 0.643. The molecule has 0 atom stereocenters. The summed E-state index contributed by atoms with van der Waals surface area (Å²) in [5, 5.41) is 3.58. The van der Waals surface area contributed by atoms with Gasteiger partial charge in [-0.2, -0.15) is 0 Å². The van der Waals surface area contributed by atoms with Crippen molar-refractivity contribution in [1.29, 1.82) is 0 Å². The summed E-state index contributed by atoms with van der Waals surface area (Å²) >= 11 is 5.94. The average molecular weight is 266 g/mol. The summed E-state index contributed by atoms with van der Waals surface area (Å²) in [6.07, 6.45) is 0. The molecule has 0 N–H and O–H groups in total. The van der Waals surface area contributed by atoms with E-state index in [0.29, 0.717) is 14.5 Å². The molecule has 0 spiro atoms. The van der Waals surface area contributed by atoms with Crippen molar-refractivity contribution in [3.8, 4) is 0 Å². The molecule has 0 bridgehead atoms. The third kappa shape index (κ3) is 1.03. The van der Waals surface area contributed by atoms with E-state index >= 15 is 0 Å². The second-order valence-corrected chi connectivity index (χ2v) is 7.46. The van der Waals surface area contributed by atoms with Gasteiger partial charge in [0.1, 0.15) is 0 Å². The Morgan fingerprint density at radius 2 is 2.44 bits per heavy atom. The summed E-state index contributed by atoms with van der Waals surface area (Å²) < 4.78 is 2.92. The molecule has 0 nitrogen and oxygen atoms in total. The van der Waals surface area contributed by atoms with Gasteiger partial charge < -0.3 is 0 Å². The van der Waals surface area contributed by atoms with E-state index in [2.05, 4.69) is 33.4 Å². The third-order valence-corrected chi connectivity index (χ3v) is 5.49. The monoisotopic (exact) mass is 266 g/mol. The molecule has 0 radical (unpaired) electrons. The number of hydrogen-bond donors (Lipinski definition) is 0. The van der Waals surface area contributed by atoms with Crippen molar-refractivity contribution in [2.45, 2.75) is 0 Å². The van der Waals surface area contributed by atoms with Crippen molar-refractivity contribution in [2.75, 3.05) is 0 Å². The van der Waals surface area contributed by atoms with Crippen molar-refractivity contribution in [2.24, 2.45) is 0 Å². The first kappa shape index (κ1) is 6.17. The Hall–Kier alpha value is 0.439. The van der Waals surface area contributed by atoms with Crippen LogP contribution in [0.4, 0.5) is 0 Å². The van der Waals surface area contributed by atoms with E-state index in [9.17, 15) is 0 Å². The number of rotatable bonds is 0. The molecule has 0 unspecified atom stereocenters. The van der Waals surface area contributed by atoms with Gasteiger partial charge in [0.05, 0.1) is 0 Å². The Labute approximate surface area is 71.4 Å². The third-order valence-electron chi connectivity index (χ3n) is 1.12. The SMILES string of the molecule is Brc1cc2ccsc2[se]1. The Morgan fingerprint density at radius 3 is 3.22 bits per heavy atom. The van der Waals surface area contributed by atoms with Gasteiger partial charge in [0.15, 0.2) is 0 Å². The van der Waals surface area contributed by atoms with Crippen LogP contribution in [0.1, 0.15) is 0 Å². The van der Waals surface area contributed by atoms with E-state index in [0.717, 1.165) is 0 Å². The van der Waals surface area contributed by atoms with Gasteiger partial charge in [-0.15, -0.1) is 0 Å². The molecule has 0 saturated heterocycles. The van der Waals surface area contributed by atoms with E-state index < -0.39 is 0 Å². The maximum absolute atomic E-state index is 3.49. The maximum atomic E-state index is 3.49. The van der Waals surface area contributed by atoms with Gasteiger partial charge in [0.2, 0.25) is 0 Å². The van der Waals surface area contributed by atoms with Gasteiger partial charge in [-0.25, -0.2) is 0 Å². The second-order valence-electron chi connectivity index (χ2n) is 1.71. The molecule has 0 aliphatic heterocycles. The van der Waals surface area contributed by atoms with Gasteiger partial charge in [-0.1, -0.05) is 0 Å². The number of fused-ring (bicyclic) bond motifs is 1. The van der Waals surface area contributed by atoms with Crippen molar-refractivity contribution < 1.29 is 0 Å². The van der Waals surface area contributed by atoms with Crippen LogP contribution in [0.3, 0.4) is 0 Å². The molecular weight excluding hydrogens is 263 g/mol. The van der Waals surface area contributed by atoms with Crippen LogP contribution in [0.25, 0.3) is 8.96 Å². The van der Waals surface area contributed by atoms with E-state index in [1.807, 2.05) is 11.3 Å². The molecule has 0 aromatic carbocycles. The minimum absolute atomic E-state index is 0.587. The van der Waals surface area contributed by atoms with Gasteiger partial charge >= 0.3 is 71.6 Å². The molecular formula is C6H3BrSSe. The van der Waals surface area contributed by atoms with Gasteiger partial charge in [-0.05, 0) is 0 Å². The van der Waals surface area contributed by atoms with E-state index in [1.54, 1.807) is 3.57 Å². The van der Waals surface area contributed by atoms with Gasteiger partial charge in [0.25, 0.3) is 0 Å². The molecule has 46 valence electrons. The van der Waals surface area contributed by atoms with E-state index in [-0.39, 0.29) is 0 Å². The van der Waals surface area contributed by atoms with Crippen molar-refractivity contribution in [3.05, 3.63) is 20.9 Å². The molecule has 0 fully saturated rings. The minimum atomic E-state index is 0.587. The first-order chi connectivity index (χ1) is 4.36. The van der Waals surface area contributed by atoms with E-state index in [1.165, 1.54) is 8.73 Å². The van der Waals surface area contributed by atoms with Crippen molar-refractivity contribution in [3.63, 3.8) is 0 Å². The molecule has 2 aromatic rings. The second kappa shape index (κ2) is 2.24. The van der Waals surface area contributed by atoms with Crippen LogP contribution in [0.5, 0.6) is 0 Å². The van der Waals surface area contributed by atoms with Crippen molar-refractivity contribution >= 4 is 50.7 Å². The van der Waals surface area contributed by atoms with Crippen LogP contribution < -0.4 is 0 Å². The zero-order valence-corrected chi connectivity index (χ0v) is 8.54. The first-order valence-electron chi connectivity index (χ1n) is 2.49. The van der Waals surface area contributed by atoms with Crippen LogP contribution in [0.2, 0.25) is 0 Å². The number of thiophene rings is 1. The molecule has 9 heavy (non-hydrogen) atoms. The molecule has 3 heteroatoms. The molecule has 2 heterocycles. The van der Waals surface area contributed by atoms with Crippen LogP contribution in [0, 0.1) is 0 Å². The van der Waals surface area contributed by atoms with E-state index in [4.69, 9.17) is 0 Å². The summed E-state index contributed by atoms with van der Waals surface area (Å²) in [5.41, 5.74) is 0. The van der Waals surface area contributed by atoms with Crippen LogP contribution in [-0.4, -0.2) is 14.5 Å². The summed E-state index contributed by atoms with van der Waals surface area (Å²) in [5.74, 6) is 0. The zero-order valence-electron chi connectivity index (χ0n) is 4.43. The van der Waals surface area contributed by atoms with Gasteiger partial charge in [-0.3, -0.25) is 0 Å². The molecule has 0 amide bonds. The van der Waals surface area contributed by atoms with Crippen LogP contribution >= 0.6 is 27.3 Å². The Bertz CT molecular complexity index is 294. The predicted octanol–water partition coefficient (Wildman–Crippen LogP) is 2.72. The molecule has 0 saturated carbocycles. The fraction of sp³-hybridized carbons (Fsp3) is 0. The standard InChI is InChI=1S/C6H3BrSSe/c7-5-3-4-1-2-8-6(4)9-5/h1-3H. The number of halogens is 1. The summed E-state index contributed by atoms with van der Waals surface area (Å²) in [4.78, 5) is 0. The van der Waals surface area contributed by atoms with Crippen LogP contribution in [-0.2, 0) is 0 Å². The summed E-state index contributed by atoms with van der Waals surface area (Å²) in [6.45, 7) is 0. The molecule has 0 aliphatic rings. The predicted molar refractivity (Wildman–Crippen MR) is 46.5 cm³/mol. The Balaban J connectivity index is 2.92. The number of hydrogen-bond acceptors (Lipinski definition) is 1. The van der Waals surface area contributed by atoms with Gasteiger partial charge in [0, 0.05) is 0 Å².